The van der Waals surface area contributed by atoms with E-state index >= 15 is 0 Å². The highest BCUT2D eigenvalue weighted by Crippen LogP contribution is 2.33. The minimum absolute atomic E-state index is 0.377. The van der Waals surface area contributed by atoms with Crippen molar-refractivity contribution in [3.63, 3.8) is 0 Å². The summed E-state index contributed by atoms with van der Waals surface area (Å²) in [5.41, 5.74) is 12.3. The van der Waals surface area contributed by atoms with Crippen LogP contribution in [0, 0.1) is 11.8 Å². The Balaban J connectivity index is 1.37. The van der Waals surface area contributed by atoms with Crippen LogP contribution in [0.4, 0.5) is 0 Å². The zero-order valence-corrected chi connectivity index (χ0v) is 14.8. The van der Waals surface area contributed by atoms with Crippen LogP contribution < -0.4 is 11.5 Å². The molecule has 0 amide bonds. The van der Waals surface area contributed by atoms with Gasteiger partial charge in [-0.05, 0) is 31.1 Å². The van der Waals surface area contributed by atoms with Crippen LogP contribution in [0.3, 0.4) is 0 Å². The summed E-state index contributed by atoms with van der Waals surface area (Å²) in [7, 11) is 0. The van der Waals surface area contributed by atoms with Gasteiger partial charge < -0.3 is 11.5 Å². The molecular weight excluding hydrogens is 268 g/mol. The molecule has 2 aliphatic carbocycles. The van der Waals surface area contributed by atoms with Crippen molar-refractivity contribution in [3.05, 3.63) is 0 Å². The van der Waals surface area contributed by atoms with Gasteiger partial charge in [-0.25, -0.2) is 0 Å². The molecule has 0 aliphatic heterocycles. The molecule has 0 atom stereocenters. The molecule has 2 aliphatic rings. The highest BCUT2D eigenvalue weighted by atomic mass is 15.0. The molecule has 4 N–H and O–H groups in total. The first-order chi connectivity index (χ1) is 10.7. The fourth-order valence-electron chi connectivity index (χ4n) is 4.71. The Morgan fingerprint density at radius 2 is 1.14 bits per heavy atom. The van der Waals surface area contributed by atoms with E-state index in [2.05, 4.69) is 0 Å². The molecule has 2 rings (SSSR count). The third kappa shape index (κ3) is 6.58. The molecule has 0 heterocycles. The lowest BCUT2D eigenvalue weighted by Gasteiger charge is -2.31. The molecule has 0 spiro atoms. The van der Waals surface area contributed by atoms with Gasteiger partial charge in [0.25, 0.3) is 0 Å². The number of unbranched alkanes of at least 4 members (excludes halogenated alkanes) is 6. The normalized spacial score (nSPS) is 21.0. The monoisotopic (exact) mass is 308 g/mol. The molecule has 0 radical (unpaired) electrons. The average Bonchev–Trinajstić information content (AvgIpc) is 3.19. The third-order valence-electron chi connectivity index (χ3n) is 6.31. The SMILES string of the molecule is NC(N)(CCCCCCCCCC1CCCC1)C1CCCC1. The van der Waals surface area contributed by atoms with Crippen LogP contribution in [0.1, 0.15) is 109 Å². The first kappa shape index (κ1) is 18.3. The van der Waals surface area contributed by atoms with Gasteiger partial charge in [-0.15, -0.1) is 0 Å². The highest BCUT2D eigenvalue weighted by molar-refractivity contribution is 4.88. The van der Waals surface area contributed by atoms with Gasteiger partial charge in [-0.1, -0.05) is 89.9 Å². The summed E-state index contributed by atoms with van der Waals surface area (Å²) in [4.78, 5) is 0. The largest absolute Gasteiger partial charge is 0.313 e. The van der Waals surface area contributed by atoms with E-state index in [4.69, 9.17) is 11.5 Å². The molecule has 2 fully saturated rings. The summed E-state index contributed by atoms with van der Waals surface area (Å²) in [6.45, 7) is 0. The summed E-state index contributed by atoms with van der Waals surface area (Å²) < 4.78 is 0. The topological polar surface area (TPSA) is 52.0 Å². The maximum Gasteiger partial charge on any atom is 0.0665 e. The second kappa shape index (κ2) is 9.93. The van der Waals surface area contributed by atoms with Crippen LogP contribution in [0.15, 0.2) is 0 Å². The maximum atomic E-state index is 6.34. The van der Waals surface area contributed by atoms with E-state index in [9.17, 15) is 0 Å². The van der Waals surface area contributed by atoms with Crippen molar-refractivity contribution in [2.24, 2.45) is 23.3 Å². The number of hydrogen-bond donors (Lipinski definition) is 2. The highest BCUT2D eigenvalue weighted by Gasteiger charge is 2.32. The number of nitrogens with two attached hydrogens (primary N) is 2. The lowest BCUT2D eigenvalue weighted by molar-refractivity contribution is 0.255. The molecule has 0 bridgehead atoms. The lowest BCUT2D eigenvalue weighted by Crippen LogP contribution is -2.54. The van der Waals surface area contributed by atoms with Crippen molar-refractivity contribution in [2.45, 2.75) is 115 Å². The van der Waals surface area contributed by atoms with Crippen molar-refractivity contribution >= 4 is 0 Å². The van der Waals surface area contributed by atoms with Gasteiger partial charge >= 0.3 is 0 Å². The molecule has 22 heavy (non-hydrogen) atoms. The zero-order valence-electron chi connectivity index (χ0n) is 14.8. The van der Waals surface area contributed by atoms with E-state index in [0.717, 1.165) is 12.3 Å². The Hall–Kier alpha value is -0.0800. The zero-order chi connectivity index (χ0) is 15.7. The number of hydrogen-bond acceptors (Lipinski definition) is 2. The molecular formula is C20H40N2. The smallest absolute Gasteiger partial charge is 0.0665 e. The fraction of sp³-hybridized carbons (Fsp3) is 1.00. The quantitative estimate of drug-likeness (QED) is 0.391. The van der Waals surface area contributed by atoms with Crippen LogP contribution in [0.2, 0.25) is 0 Å². The van der Waals surface area contributed by atoms with Gasteiger partial charge in [0.2, 0.25) is 0 Å². The van der Waals surface area contributed by atoms with Crippen molar-refractivity contribution in [3.8, 4) is 0 Å². The first-order valence-electron chi connectivity index (χ1n) is 10.3. The maximum absolute atomic E-state index is 6.34. The Morgan fingerprint density at radius 1 is 0.636 bits per heavy atom. The van der Waals surface area contributed by atoms with Crippen molar-refractivity contribution in [1.29, 1.82) is 0 Å². The van der Waals surface area contributed by atoms with E-state index in [0.29, 0.717) is 5.92 Å². The van der Waals surface area contributed by atoms with E-state index in [1.165, 1.54) is 103 Å². The molecule has 130 valence electrons. The first-order valence-corrected chi connectivity index (χ1v) is 10.3. The van der Waals surface area contributed by atoms with E-state index in [-0.39, 0.29) is 5.66 Å². The second-order valence-electron chi connectivity index (χ2n) is 8.26. The van der Waals surface area contributed by atoms with Crippen LogP contribution in [0.5, 0.6) is 0 Å². The lowest BCUT2D eigenvalue weighted by atomic mass is 9.87. The molecule has 2 saturated carbocycles. The molecule has 0 aromatic rings. The molecule has 0 aromatic heterocycles. The fourth-order valence-corrected chi connectivity index (χ4v) is 4.71. The van der Waals surface area contributed by atoms with Gasteiger partial charge in [0.15, 0.2) is 0 Å². The van der Waals surface area contributed by atoms with Crippen LogP contribution >= 0.6 is 0 Å². The Bertz CT molecular complexity index is 275. The van der Waals surface area contributed by atoms with Crippen molar-refractivity contribution in [1.82, 2.24) is 0 Å². The van der Waals surface area contributed by atoms with Gasteiger partial charge in [0.1, 0.15) is 0 Å². The van der Waals surface area contributed by atoms with Crippen LogP contribution in [0.25, 0.3) is 0 Å². The summed E-state index contributed by atoms with van der Waals surface area (Å²) in [6, 6.07) is 0. The standard InChI is InChI=1S/C20H40N2/c21-20(22,19-15-9-10-16-19)17-11-5-3-1-2-4-6-12-18-13-7-8-14-18/h18-19H,1-17,21-22H2. The minimum Gasteiger partial charge on any atom is -0.313 e. The minimum atomic E-state index is -0.377. The van der Waals surface area contributed by atoms with Crippen molar-refractivity contribution in [2.75, 3.05) is 0 Å². The predicted octanol–water partition coefficient (Wildman–Crippen LogP) is 5.49. The van der Waals surface area contributed by atoms with E-state index in [1.807, 2.05) is 0 Å². The Labute approximate surface area is 138 Å². The van der Waals surface area contributed by atoms with Gasteiger partial charge in [-0.3, -0.25) is 0 Å². The summed E-state index contributed by atoms with van der Waals surface area (Å²) >= 11 is 0. The molecule has 0 unspecified atom stereocenters. The Morgan fingerprint density at radius 3 is 1.77 bits per heavy atom. The van der Waals surface area contributed by atoms with E-state index < -0.39 is 0 Å². The molecule has 2 heteroatoms. The van der Waals surface area contributed by atoms with Gasteiger partial charge in [0, 0.05) is 0 Å². The average molecular weight is 309 g/mol. The van der Waals surface area contributed by atoms with Gasteiger partial charge in [0.05, 0.1) is 5.66 Å². The third-order valence-corrected chi connectivity index (χ3v) is 6.31. The van der Waals surface area contributed by atoms with Crippen molar-refractivity contribution < 1.29 is 0 Å². The number of rotatable bonds is 11. The molecule has 0 saturated heterocycles. The molecule has 0 aromatic carbocycles. The second-order valence-corrected chi connectivity index (χ2v) is 8.26. The van der Waals surface area contributed by atoms with E-state index in [1.54, 1.807) is 0 Å². The summed E-state index contributed by atoms with van der Waals surface area (Å²) in [5, 5.41) is 0. The van der Waals surface area contributed by atoms with Crippen LogP contribution in [-0.4, -0.2) is 5.66 Å². The summed E-state index contributed by atoms with van der Waals surface area (Å²) in [5.74, 6) is 1.67. The van der Waals surface area contributed by atoms with Crippen LogP contribution in [-0.2, 0) is 0 Å². The molecule has 2 nitrogen and oxygen atoms in total. The van der Waals surface area contributed by atoms with Gasteiger partial charge in [-0.2, -0.15) is 0 Å². The predicted molar refractivity (Wildman–Crippen MR) is 96.6 cm³/mol. The Kier molecular flexibility index (Phi) is 8.24. The summed E-state index contributed by atoms with van der Waals surface area (Å²) in [6.07, 6.45) is 23.4.